The normalized spacial score (nSPS) is 11.8. The van der Waals surface area contributed by atoms with Gasteiger partial charge >= 0.3 is 0 Å². The second kappa shape index (κ2) is 5.88. The zero-order chi connectivity index (χ0) is 12.2. The number of halogens is 1. The lowest BCUT2D eigenvalue weighted by atomic mass is 10.1. The van der Waals surface area contributed by atoms with Crippen molar-refractivity contribution in [2.75, 3.05) is 0 Å². The van der Waals surface area contributed by atoms with Crippen LogP contribution in [0.2, 0.25) is 12.1 Å². The van der Waals surface area contributed by atoms with Gasteiger partial charge in [0.05, 0.1) is 0 Å². The van der Waals surface area contributed by atoms with E-state index in [-0.39, 0.29) is 0 Å². The average Bonchev–Trinajstić information content (AvgIpc) is 2.36. The smallest absolute Gasteiger partial charge is 0.161 e. The monoisotopic (exact) mass is 254 g/mol. The minimum absolute atomic E-state index is 1.11. The molecule has 0 amide bonds. The molecule has 0 heterocycles. The molecule has 1 aromatic carbocycles. The highest BCUT2D eigenvalue weighted by atomic mass is 35.6. The standard InChI is InChI=1S/C14H23ClSi/c1-5-12-9-13(6-2)11-14(10-12)16(15,7-3)8-4/h9-11H,5-8H2,1-4H3. The minimum atomic E-state index is -1.70. The topological polar surface area (TPSA) is 0 Å². The van der Waals surface area contributed by atoms with Gasteiger partial charge in [-0.1, -0.05) is 45.9 Å². The second-order valence-corrected chi connectivity index (χ2v) is 10.5. The molecule has 2 heteroatoms. The van der Waals surface area contributed by atoms with Crippen molar-refractivity contribution >= 4 is 23.6 Å². The molecule has 0 fully saturated rings. The zero-order valence-electron chi connectivity index (χ0n) is 10.9. The Labute approximate surface area is 106 Å². The molecule has 0 radical (unpaired) electrons. The predicted molar refractivity (Wildman–Crippen MR) is 77.4 cm³/mol. The fourth-order valence-electron chi connectivity index (χ4n) is 2.09. The Balaban J connectivity index is 3.21. The van der Waals surface area contributed by atoms with Gasteiger partial charge in [-0.05, 0) is 41.2 Å². The molecular formula is C14H23ClSi. The van der Waals surface area contributed by atoms with Gasteiger partial charge in [-0.25, -0.2) is 0 Å². The van der Waals surface area contributed by atoms with Crippen molar-refractivity contribution in [1.82, 2.24) is 0 Å². The summed E-state index contributed by atoms with van der Waals surface area (Å²) in [5.74, 6) is 0. The van der Waals surface area contributed by atoms with E-state index in [0.29, 0.717) is 0 Å². The highest BCUT2D eigenvalue weighted by molar-refractivity contribution is 7.27. The predicted octanol–water partition coefficient (Wildman–Crippen LogP) is 4.24. The lowest BCUT2D eigenvalue weighted by molar-refractivity contribution is 1.09. The van der Waals surface area contributed by atoms with Gasteiger partial charge in [0, 0.05) is 0 Å². The first-order valence-corrected chi connectivity index (χ1v) is 9.84. The van der Waals surface area contributed by atoms with Gasteiger partial charge < -0.3 is 0 Å². The summed E-state index contributed by atoms with van der Waals surface area (Å²) in [6, 6.07) is 9.25. The van der Waals surface area contributed by atoms with E-state index < -0.39 is 7.38 Å². The summed E-state index contributed by atoms with van der Waals surface area (Å²) < 4.78 is 0. The maximum absolute atomic E-state index is 6.83. The quantitative estimate of drug-likeness (QED) is 0.545. The van der Waals surface area contributed by atoms with Crippen LogP contribution in [0.15, 0.2) is 18.2 Å². The Hall–Kier alpha value is -0.273. The molecule has 0 aromatic heterocycles. The van der Waals surface area contributed by atoms with E-state index in [0.717, 1.165) is 24.9 Å². The number of rotatable bonds is 5. The molecule has 0 N–H and O–H groups in total. The van der Waals surface area contributed by atoms with E-state index in [4.69, 9.17) is 11.1 Å². The molecule has 90 valence electrons. The van der Waals surface area contributed by atoms with Gasteiger partial charge in [0.1, 0.15) is 0 Å². The van der Waals surface area contributed by atoms with Crippen molar-refractivity contribution in [2.45, 2.75) is 52.6 Å². The first-order valence-electron chi connectivity index (χ1n) is 6.41. The molecule has 1 rings (SSSR count). The van der Waals surface area contributed by atoms with Crippen LogP contribution in [0.5, 0.6) is 0 Å². The van der Waals surface area contributed by atoms with Crippen LogP contribution in [-0.2, 0) is 12.8 Å². The van der Waals surface area contributed by atoms with Crippen LogP contribution in [0, 0.1) is 0 Å². The molecule has 0 aliphatic carbocycles. The highest BCUT2D eigenvalue weighted by Gasteiger charge is 2.29. The summed E-state index contributed by atoms with van der Waals surface area (Å²) in [7, 11) is -1.70. The molecular weight excluding hydrogens is 232 g/mol. The van der Waals surface area contributed by atoms with E-state index in [9.17, 15) is 0 Å². The number of hydrogen-bond donors (Lipinski definition) is 0. The molecule has 0 saturated carbocycles. The van der Waals surface area contributed by atoms with Gasteiger partial charge in [-0.15, -0.1) is 0 Å². The van der Waals surface area contributed by atoms with Crippen LogP contribution in [0.25, 0.3) is 0 Å². The van der Waals surface area contributed by atoms with E-state index in [1.807, 2.05) is 0 Å². The van der Waals surface area contributed by atoms with E-state index in [1.54, 1.807) is 0 Å². The van der Waals surface area contributed by atoms with E-state index in [2.05, 4.69) is 45.9 Å². The fourth-order valence-corrected chi connectivity index (χ4v) is 4.62. The first-order chi connectivity index (χ1) is 7.59. The van der Waals surface area contributed by atoms with Crippen molar-refractivity contribution in [3.05, 3.63) is 29.3 Å². The van der Waals surface area contributed by atoms with Crippen LogP contribution in [0.3, 0.4) is 0 Å². The van der Waals surface area contributed by atoms with Gasteiger partial charge in [-0.3, -0.25) is 0 Å². The summed E-state index contributed by atoms with van der Waals surface area (Å²) in [5, 5.41) is 1.44. The Morgan fingerprint density at radius 2 is 1.31 bits per heavy atom. The fraction of sp³-hybridized carbons (Fsp3) is 0.571. The maximum Gasteiger partial charge on any atom is 0.186 e. The van der Waals surface area contributed by atoms with Crippen molar-refractivity contribution < 1.29 is 0 Å². The van der Waals surface area contributed by atoms with Crippen LogP contribution in [0.1, 0.15) is 38.8 Å². The summed E-state index contributed by atoms with van der Waals surface area (Å²) in [6.45, 7) is 8.89. The molecule has 0 aliphatic heterocycles. The third-order valence-electron chi connectivity index (χ3n) is 3.51. The number of benzene rings is 1. The van der Waals surface area contributed by atoms with Crippen LogP contribution < -0.4 is 5.19 Å². The maximum atomic E-state index is 6.83. The summed E-state index contributed by atoms with van der Waals surface area (Å²) in [5.41, 5.74) is 2.88. The van der Waals surface area contributed by atoms with Crippen molar-refractivity contribution in [1.29, 1.82) is 0 Å². The largest absolute Gasteiger partial charge is 0.186 e. The number of hydrogen-bond acceptors (Lipinski definition) is 0. The van der Waals surface area contributed by atoms with Crippen LogP contribution in [-0.4, -0.2) is 7.38 Å². The molecule has 0 spiro atoms. The third kappa shape index (κ3) is 2.89. The van der Waals surface area contributed by atoms with Gasteiger partial charge in [-0.2, -0.15) is 11.1 Å². The molecule has 0 atom stereocenters. The Morgan fingerprint density at radius 1 is 0.875 bits per heavy atom. The van der Waals surface area contributed by atoms with E-state index in [1.165, 1.54) is 16.3 Å². The molecule has 16 heavy (non-hydrogen) atoms. The average molecular weight is 255 g/mol. The SMILES string of the molecule is CCc1cc(CC)cc([Si](Cl)(CC)CC)c1. The Kier molecular flexibility index (Phi) is 5.07. The number of aryl methyl sites for hydroxylation is 2. The van der Waals surface area contributed by atoms with E-state index >= 15 is 0 Å². The second-order valence-electron chi connectivity index (χ2n) is 4.42. The summed E-state index contributed by atoms with van der Waals surface area (Å²) in [6.07, 6.45) is 2.21. The molecule has 0 bridgehead atoms. The lowest BCUT2D eigenvalue weighted by Crippen LogP contribution is -2.41. The molecule has 0 unspecified atom stereocenters. The van der Waals surface area contributed by atoms with Crippen LogP contribution >= 0.6 is 11.1 Å². The molecule has 0 aliphatic rings. The summed E-state index contributed by atoms with van der Waals surface area (Å²) >= 11 is 6.83. The Bertz CT molecular complexity index is 320. The van der Waals surface area contributed by atoms with Crippen LogP contribution in [0.4, 0.5) is 0 Å². The molecule has 1 aromatic rings. The minimum Gasteiger partial charge on any atom is -0.161 e. The summed E-state index contributed by atoms with van der Waals surface area (Å²) in [4.78, 5) is 0. The Morgan fingerprint density at radius 3 is 1.62 bits per heavy atom. The van der Waals surface area contributed by atoms with Gasteiger partial charge in [0.25, 0.3) is 0 Å². The molecule has 0 saturated heterocycles. The third-order valence-corrected chi connectivity index (χ3v) is 9.33. The molecule has 0 nitrogen and oxygen atoms in total. The van der Waals surface area contributed by atoms with Crippen molar-refractivity contribution in [2.24, 2.45) is 0 Å². The first kappa shape index (κ1) is 13.8. The van der Waals surface area contributed by atoms with Gasteiger partial charge in [0.2, 0.25) is 0 Å². The van der Waals surface area contributed by atoms with Crippen molar-refractivity contribution in [3.63, 3.8) is 0 Å². The van der Waals surface area contributed by atoms with Crippen molar-refractivity contribution in [3.8, 4) is 0 Å². The lowest BCUT2D eigenvalue weighted by Gasteiger charge is -2.23. The van der Waals surface area contributed by atoms with Gasteiger partial charge in [0.15, 0.2) is 7.38 Å². The highest BCUT2D eigenvalue weighted by Crippen LogP contribution is 2.21. The zero-order valence-corrected chi connectivity index (χ0v) is 12.7.